The predicted octanol–water partition coefficient (Wildman–Crippen LogP) is 6.69. The molecule has 0 aliphatic rings. The monoisotopic (exact) mass is 377 g/mol. The van der Waals surface area contributed by atoms with Crippen LogP contribution in [0.15, 0.2) is 53.5 Å². The predicted molar refractivity (Wildman–Crippen MR) is 119 cm³/mol. The van der Waals surface area contributed by atoms with Gasteiger partial charge in [0.2, 0.25) is 0 Å². The minimum Gasteiger partial charge on any atom is -0.505 e. The minimum atomic E-state index is 0.153. The number of nitrogens with zero attached hydrogens (tertiary/aromatic N) is 1. The molecule has 28 heavy (non-hydrogen) atoms. The number of carbonyl (C=O) groups is 1. The van der Waals surface area contributed by atoms with Gasteiger partial charge in [0.15, 0.2) is 0 Å². The van der Waals surface area contributed by atoms with Gasteiger partial charge in [0.05, 0.1) is 0 Å². The Bertz CT molecular complexity index is 843. The highest BCUT2D eigenvalue weighted by Gasteiger charge is 2.12. The van der Waals surface area contributed by atoms with Crippen LogP contribution in [0, 0.1) is 13.8 Å². The first-order valence-corrected chi connectivity index (χ1v) is 10.0. The second kappa shape index (κ2) is 10.6. The molecule has 0 saturated carbocycles. The van der Waals surface area contributed by atoms with E-state index in [0.29, 0.717) is 25.0 Å². The van der Waals surface area contributed by atoms with E-state index in [1.54, 1.807) is 0 Å². The van der Waals surface area contributed by atoms with Crippen molar-refractivity contribution >= 4 is 23.0 Å². The van der Waals surface area contributed by atoms with Crippen LogP contribution in [0.1, 0.15) is 68.2 Å². The molecule has 2 aromatic rings. The van der Waals surface area contributed by atoms with Crippen LogP contribution in [0.3, 0.4) is 0 Å². The molecule has 2 aromatic carbocycles. The van der Waals surface area contributed by atoms with Gasteiger partial charge in [-0.2, -0.15) is 0 Å². The van der Waals surface area contributed by atoms with Crippen LogP contribution in [-0.2, 0) is 4.79 Å². The Balaban J connectivity index is 2.33. The Morgan fingerprint density at radius 1 is 0.857 bits per heavy atom. The van der Waals surface area contributed by atoms with Gasteiger partial charge in [-0.05, 0) is 33.6 Å². The van der Waals surface area contributed by atoms with E-state index in [9.17, 15) is 9.90 Å². The van der Waals surface area contributed by atoms with Gasteiger partial charge in [-0.1, -0.05) is 73.0 Å². The lowest BCUT2D eigenvalue weighted by Gasteiger charge is -2.10. The number of unbranched alkanes of at least 4 members (excludes halogenated alkanes) is 1. The highest BCUT2D eigenvalue weighted by molar-refractivity contribution is 5.96. The van der Waals surface area contributed by atoms with Crippen molar-refractivity contribution in [1.82, 2.24) is 0 Å². The van der Waals surface area contributed by atoms with Crippen LogP contribution in [-0.4, -0.2) is 16.6 Å². The van der Waals surface area contributed by atoms with Crippen molar-refractivity contribution in [3.8, 4) is 0 Å². The molecule has 0 saturated heterocycles. The summed E-state index contributed by atoms with van der Waals surface area (Å²) in [5.74, 6) is 0.431. The van der Waals surface area contributed by atoms with E-state index in [1.807, 2.05) is 69.3 Å². The first-order valence-electron chi connectivity index (χ1n) is 10.0. The van der Waals surface area contributed by atoms with E-state index < -0.39 is 0 Å². The second-order valence-corrected chi connectivity index (χ2v) is 7.42. The molecular formula is C25H31NO2. The Morgan fingerprint density at radius 2 is 1.39 bits per heavy atom. The highest BCUT2D eigenvalue weighted by Crippen LogP contribution is 2.27. The maximum Gasteiger partial charge on any atom is 0.149 e. The van der Waals surface area contributed by atoms with E-state index in [-0.39, 0.29) is 11.5 Å². The molecule has 0 aromatic heterocycles. The largest absolute Gasteiger partial charge is 0.505 e. The zero-order valence-electron chi connectivity index (χ0n) is 17.5. The summed E-state index contributed by atoms with van der Waals surface area (Å²) in [6.45, 7) is 8.06. The average Bonchev–Trinajstić information content (AvgIpc) is 2.69. The summed E-state index contributed by atoms with van der Waals surface area (Å²) in [6.07, 6.45) is 3.72. The number of hydrogen-bond acceptors (Lipinski definition) is 3. The van der Waals surface area contributed by atoms with E-state index in [0.717, 1.165) is 40.8 Å². The average molecular weight is 378 g/mol. The number of aryl methyl sites for hydroxylation is 2. The van der Waals surface area contributed by atoms with Crippen LogP contribution in [0.2, 0.25) is 0 Å². The van der Waals surface area contributed by atoms with Gasteiger partial charge in [0, 0.05) is 29.7 Å². The molecule has 0 fully saturated rings. The summed E-state index contributed by atoms with van der Waals surface area (Å²) in [4.78, 5) is 16.7. The van der Waals surface area contributed by atoms with Crippen molar-refractivity contribution in [3.05, 3.63) is 70.8 Å². The Hall–Kier alpha value is -2.68. The number of aliphatic imine (C=N–C) groups is 1. The SMILES string of the molecule is CCCCC(=O)CCC(C)=N/C(=C(\O)c1ccc(C)cc1)c1ccc(C)cc1. The fraction of sp³-hybridized carbons (Fsp3) is 0.360. The third-order valence-electron chi connectivity index (χ3n) is 4.75. The number of hydrogen-bond donors (Lipinski definition) is 1. The first-order chi connectivity index (χ1) is 13.4. The third kappa shape index (κ3) is 6.49. The number of Topliss-reactive ketones (excluding diaryl/α,β-unsaturated/α-hetero) is 1. The Kier molecular flexibility index (Phi) is 8.19. The third-order valence-corrected chi connectivity index (χ3v) is 4.75. The number of carbonyl (C=O) groups excluding carboxylic acids is 1. The topological polar surface area (TPSA) is 49.7 Å². The summed E-state index contributed by atoms with van der Waals surface area (Å²) in [7, 11) is 0. The fourth-order valence-electron chi connectivity index (χ4n) is 2.88. The lowest BCUT2D eigenvalue weighted by molar-refractivity contribution is -0.119. The molecule has 3 heteroatoms. The van der Waals surface area contributed by atoms with Crippen LogP contribution in [0.5, 0.6) is 0 Å². The van der Waals surface area contributed by atoms with Crippen LogP contribution >= 0.6 is 0 Å². The number of rotatable bonds is 9. The van der Waals surface area contributed by atoms with Crippen molar-refractivity contribution < 1.29 is 9.90 Å². The molecule has 3 nitrogen and oxygen atoms in total. The minimum absolute atomic E-state index is 0.153. The fourth-order valence-corrected chi connectivity index (χ4v) is 2.88. The summed E-state index contributed by atoms with van der Waals surface area (Å²) in [6, 6.07) is 15.7. The van der Waals surface area contributed by atoms with Crippen molar-refractivity contribution in [2.24, 2.45) is 4.99 Å². The van der Waals surface area contributed by atoms with E-state index in [1.165, 1.54) is 0 Å². The summed E-state index contributed by atoms with van der Waals surface area (Å²) in [5, 5.41) is 10.9. The van der Waals surface area contributed by atoms with Crippen LogP contribution < -0.4 is 0 Å². The molecule has 1 N–H and O–H groups in total. The van der Waals surface area contributed by atoms with Crippen LogP contribution in [0.4, 0.5) is 0 Å². The molecule has 0 radical (unpaired) electrons. The molecule has 0 heterocycles. The first kappa shape index (κ1) is 21.6. The van der Waals surface area contributed by atoms with Crippen molar-refractivity contribution in [2.45, 2.75) is 59.8 Å². The molecule has 2 rings (SSSR count). The van der Waals surface area contributed by atoms with Gasteiger partial charge in [0.1, 0.15) is 17.2 Å². The molecule has 0 amide bonds. The van der Waals surface area contributed by atoms with Gasteiger partial charge >= 0.3 is 0 Å². The maximum absolute atomic E-state index is 12.0. The zero-order chi connectivity index (χ0) is 20.5. The Labute approximate surface area is 168 Å². The van der Waals surface area contributed by atoms with Gasteiger partial charge < -0.3 is 5.11 Å². The van der Waals surface area contributed by atoms with E-state index in [4.69, 9.17) is 4.99 Å². The molecule has 0 bridgehead atoms. The molecule has 0 aliphatic heterocycles. The van der Waals surface area contributed by atoms with Gasteiger partial charge in [-0.3, -0.25) is 9.79 Å². The smallest absolute Gasteiger partial charge is 0.149 e. The number of benzene rings is 2. The molecule has 0 aliphatic carbocycles. The van der Waals surface area contributed by atoms with Gasteiger partial charge in [-0.25, -0.2) is 0 Å². The molecule has 0 spiro atoms. The summed E-state index contributed by atoms with van der Waals surface area (Å²) < 4.78 is 0. The molecule has 148 valence electrons. The number of aliphatic hydroxyl groups excluding tert-OH is 1. The zero-order valence-corrected chi connectivity index (χ0v) is 17.5. The molecule has 0 unspecified atom stereocenters. The number of aliphatic hydroxyl groups is 1. The van der Waals surface area contributed by atoms with E-state index in [2.05, 4.69) is 6.92 Å². The van der Waals surface area contributed by atoms with Crippen molar-refractivity contribution in [2.75, 3.05) is 0 Å². The van der Waals surface area contributed by atoms with Crippen molar-refractivity contribution in [1.29, 1.82) is 0 Å². The van der Waals surface area contributed by atoms with Crippen LogP contribution in [0.25, 0.3) is 11.5 Å². The standard InChI is InChI=1S/C25H31NO2/c1-5-6-7-23(27)17-12-20(4)26-24(21-13-8-18(2)9-14-21)25(28)22-15-10-19(3)11-16-22/h8-11,13-16,28H,5-7,12,17H2,1-4H3/b25-24-,26-20?. The summed E-state index contributed by atoms with van der Waals surface area (Å²) in [5.41, 5.74) is 5.28. The lowest BCUT2D eigenvalue weighted by Crippen LogP contribution is -2.02. The number of ketones is 1. The highest BCUT2D eigenvalue weighted by atomic mass is 16.3. The van der Waals surface area contributed by atoms with Crippen molar-refractivity contribution in [3.63, 3.8) is 0 Å². The summed E-state index contributed by atoms with van der Waals surface area (Å²) >= 11 is 0. The molecule has 0 atom stereocenters. The molecular weight excluding hydrogens is 346 g/mol. The normalized spacial score (nSPS) is 12.6. The second-order valence-electron chi connectivity index (χ2n) is 7.42. The maximum atomic E-state index is 12.0. The lowest BCUT2D eigenvalue weighted by atomic mass is 10.0. The Morgan fingerprint density at radius 3 is 1.93 bits per heavy atom. The quantitative estimate of drug-likeness (QED) is 0.301. The van der Waals surface area contributed by atoms with Gasteiger partial charge in [-0.15, -0.1) is 0 Å². The van der Waals surface area contributed by atoms with E-state index >= 15 is 0 Å². The van der Waals surface area contributed by atoms with Gasteiger partial charge in [0.25, 0.3) is 0 Å².